The summed E-state index contributed by atoms with van der Waals surface area (Å²) in [6, 6.07) is 4.17. The predicted molar refractivity (Wildman–Crippen MR) is 72.1 cm³/mol. The normalized spacial score (nSPS) is 11.3. The summed E-state index contributed by atoms with van der Waals surface area (Å²) in [5, 5.41) is 11.6. The minimum Gasteiger partial charge on any atom is -0.392 e. The summed E-state index contributed by atoms with van der Waals surface area (Å²) in [6.07, 6.45) is -3.10. The molecule has 0 fully saturated rings. The fraction of sp³-hybridized carbons (Fsp3) is 0.214. The van der Waals surface area contributed by atoms with Crippen LogP contribution in [0.1, 0.15) is 27.2 Å². The number of aliphatic hydroxyl groups excluding tert-OH is 1. The van der Waals surface area contributed by atoms with E-state index in [4.69, 9.17) is 0 Å². The Balaban J connectivity index is 2.30. The van der Waals surface area contributed by atoms with Crippen LogP contribution in [-0.4, -0.2) is 21.0 Å². The van der Waals surface area contributed by atoms with Crippen molar-refractivity contribution in [3.05, 3.63) is 52.8 Å². The number of alkyl halides is 3. The molecule has 0 radical (unpaired) electrons. The van der Waals surface area contributed by atoms with Gasteiger partial charge in [0.1, 0.15) is 0 Å². The van der Waals surface area contributed by atoms with Crippen LogP contribution in [0.25, 0.3) is 0 Å². The number of aliphatic hydroxyl groups is 1. The number of carbonyl (C=O) groups excluding carboxylic acids is 1. The number of halogens is 3. The monoisotopic (exact) mass is 311 g/mol. The van der Waals surface area contributed by atoms with Gasteiger partial charge in [-0.25, -0.2) is 9.97 Å². The maximum atomic E-state index is 12.6. The molecule has 2 rings (SSSR count). The smallest absolute Gasteiger partial charge is 0.392 e. The number of hydrogen-bond acceptors (Lipinski definition) is 4. The van der Waals surface area contributed by atoms with Crippen LogP contribution in [0.2, 0.25) is 0 Å². The number of hydrogen-bond donors (Lipinski definition) is 2. The Labute approximate surface area is 123 Å². The third kappa shape index (κ3) is 3.59. The lowest BCUT2D eigenvalue weighted by Crippen LogP contribution is -2.17. The molecule has 0 bridgehead atoms. The van der Waals surface area contributed by atoms with E-state index in [2.05, 4.69) is 15.3 Å². The molecule has 0 saturated carbocycles. The van der Waals surface area contributed by atoms with Gasteiger partial charge in [-0.15, -0.1) is 0 Å². The summed E-state index contributed by atoms with van der Waals surface area (Å²) in [5.41, 5.74) is -0.499. The number of nitrogens with one attached hydrogen (secondary N) is 1. The molecule has 0 aliphatic rings. The zero-order valence-electron chi connectivity index (χ0n) is 11.5. The Hall–Kier alpha value is -2.48. The van der Waals surface area contributed by atoms with Crippen LogP contribution in [-0.2, 0) is 12.8 Å². The highest BCUT2D eigenvalue weighted by Gasteiger charge is 2.31. The van der Waals surface area contributed by atoms with Gasteiger partial charge in [0.25, 0.3) is 5.91 Å². The fourth-order valence-electron chi connectivity index (χ4n) is 1.80. The molecule has 0 aliphatic heterocycles. The van der Waals surface area contributed by atoms with Crippen LogP contribution in [0.5, 0.6) is 0 Å². The molecule has 0 unspecified atom stereocenters. The molecule has 1 aromatic carbocycles. The summed E-state index contributed by atoms with van der Waals surface area (Å²) in [7, 11) is 0. The van der Waals surface area contributed by atoms with Crippen LogP contribution >= 0.6 is 0 Å². The molecule has 0 atom stereocenters. The molecule has 2 N–H and O–H groups in total. The molecule has 5 nitrogen and oxygen atoms in total. The number of amides is 1. The molecule has 116 valence electrons. The van der Waals surface area contributed by atoms with E-state index >= 15 is 0 Å². The Morgan fingerprint density at radius 2 is 2.05 bits per heavy atom. The summed E-state index contributed by atoms with van der Waals surface area (Å²) in [5.74, 6) is -0.655. The zero-order chi connectivity index (χ0) is 16.3. The second kappa shape index (κ2) is 6.10. The summed E-state index contributed by atoms with van der Waals surface area (Å²) < 4.78 is 37.9. The Morgan fingerprint density at radius 1 is 1.32 bits per heavy atom. The maximum Gasteiger partial charge on any atom is 0.416 e. The van der Waals surface area contributed by atoms with Crippen molar-refractivity contribution in [1.29, 1.82) is 0 Å². The molecule has 8 heteroatoms. The molecule has 0 spiro atoms. The first kappa shape index (κ1) is 15.9. The molecule has 0 aliphatic carbocycles. The third-order valence-electron chi connectivity index (χ3n) is 2.87. The van der Waals surface area contributed by atoms with Crippen LogP contribution in [0.3, 0.4) is 0 Å². The van der Waals surface area contributed by atoms with Gasteiger partial charge in [-0.1, -0.05) is 0 Å². The standard InChI is InChI=1S/C14H12F3N3O2/c1-8-4-5-18-13(19-8)20-12(22)11-3-2-10(14(15,16)17)6-9(11)7-21/h2-6,21H,7H2,1H3,(H,18,19,20,22). The lowest BCUT2D eigenvalue weighted by atomic mass is 10.0. The topological polar surface area (TPSA) is 75.1 Å². The maximum absolute atomic E-state index is 12.6. The minimum absolute atomic E-state index is 0.0359. The fourth-order valence-corrected chi connectivity index (χ4v) is 1.80. The first-order valence-corrected chi connectivity index (χ1v) is 6.23. The Kier molecular flexibility index (Phi) is 4.41. The second-order valence-electron chi connectivity index (χ2n) is 4.50. The van der Waals surface area contributed by atoms with E-state index in [0.29, 0.717) is 5.69 Å². The van der Waals surface area contributed by atoms with E-state index in [-0.39, 0.29) is 17.1 Å². The van der Waals surface area contributed by atoms with Crippen LogP contribution in [0.4, 0.5) is 19.1 Å². The highest BCUT2D eigenvalue weighted by molar-refractivity contribution is 6.04. The van der Waals surface area contributed by atoms with Gasteiger partial charge in [-0.05, 0) is 36.8 Å². The van der Waals surface area contributed by atoms with E-state index < -0.39 is 24.3 Å². The van der Waals surface area contributed by atoms with Crippen molar-refractivity contribution in [1.82, 2.24) is 9.97 Å². The first-order valence-electron chi connectivity index (χ1n) is 6.23. The van der Waals surface area contributed by atoms with Gasteiger partial charge in [-0.3, -0.25) is 10.1 Å². The number of aromatic nitrogens is 2. The average molecular weight is 311 g/mol. The average Bonchev–Trinajstić information content (AvgIpc) is 2.45. The zero-order valence-corrected chi connectivity index (χ0v) is 11.5. The van der Waals surface area contributed by atoms with Crippen molar-refractivity contribution in [3.8, 4) is 0 Å². The van der Waals surface area contributed by atoms with Crippen molar-refractivity contribution in [3.63, 3.8) is 0 Å². The molecule has 1 heterocycles. The predicted octanol–water partition coefficient (Wildman–Crippen LogP) is 2.55. The highest BCUT2D eigenvalue weighted by Crippen LogP contribution is 2.30. The van der Waals surface area contributed by atoms with E-state index in [9.17, 15) is 23.1 Å². The molecular formula is C14H12F3N3O2. The number of nitrogens with zero attached hydrogens (tertiary/aromatic N) is 2. The minimum atomic E-state index is -4.54. The molecular weight excluding hydrogens is 299 g/mol. The number of rotatable bonds is 3. The van der Waals surface area contributed by atoms with Gasteiger partial charge in [0.2, 0.25) is 5.95 Å². The molecule has 1 amide bonds. The largest absolute Gasteiger partial charge is 0.416 e. The Morgan fingerprint density at radius 3 is 2.64 bits per heavy atom. The summed E-state index contributed by atoms with van der Waals surface area (Å²) in [4.78, 5) is 19.9. The summed E-state index contributed by atoms with van der Waals surface area (Å²) in [6.45, 7) is 1.01. The van der Waals surface area contributed by atoms with Crippen molar-refractivity contribution in [2.75, 3.05) is 5.32 Å². The van der Waals surface area contributed by atoms with Gasteiger partial charge in [0.15, 0.2) is 0 Å². The molecule has 22 heavy (non-hydrogen) atoms. The molecule has 2 aromatic rings. The van der Waals surface area contributed by atoms with Crippen LogP contribution in [0, 0.1) is 6.92 Å². The van der Waals surface area contributed by atoms with Gasteiger partial charge >= 0.3 is 6.18 Å². The quantitative estimate of drug-likeness (QED) is 0.913. The van der Waals surface area contributed by atoms with Gasteiger partial charge < -0.3 is 5.11 Å². The summed E-state index contributed by atoms with van der Waals surface area (Å²) >= 11 is 0. The number of aryl methyl sites for hydroxylation is 1. The number of anilines is 1. The van der Waals surface area contributed by atoms with Crippen LogP contribution < -0.4 is 5.32 Å². The van der Waals surface area contributed by atoms with Gasteiger partial charge in [0, 0.05) is 17.5 Å². The van der Waals surface area contributed by atoms with Gasteiger partial charge in [-0.2, -0.15) is 13.2 Å². The Bertz CT molecular complexity index is 702. The number of benzene rings is 1. The van der Waals surface area contributed by atoms with E-state index in [1.807, 2.05) is 0 Å². The van der Waals surface area contributed by atoms with Crippen molar-refractivity contribution < 1.29 is 23.1 Å². The second-order valence-corrected chi connectivity index (χ2v) is 4.50. The van der Waals surface area contributed by atoms with E-state index in [1.54, 1.807) is 13.0 Å². The third-order valence-corrected chi connectivity index (χ3v) is 2.87. The van der Waals surface area contributed by atoms with Crippen LogP contribution in [0.15, 0.2) is 30.5 Å². The first-order chi connectivity index (χ1) is 10.3. The van der Waals surface area contributed by atoms with Crippen molar-refractivity contribution >= 4 is 11.9 Å². The highest BCUT2D eigenvalue weighted by atomic mass is 19.4. The SMILES string of the molecule is Cc1ccnc(NC(=O)c2ccc(C(F)(F)F)cc2CO)n1. The lowest BCUT2D eigenvalue weighted by Gasteiger charge is -2.12. The van der Waals surface area contributed by atoms with E-state index in [1.165, 1.54) is 6.20 Å². The van der Waals surface area contributed by atoms with Crippen molar-refractivity contribution in [2.45, 2.75) is 19.7 Å². The lowest BCUT2D eigenvalue weighted by molar-refractivity contribution is -0.137. The molecule has 1 aromatic heterocycles. The van der Waals surface area contributed by atoms with E-state index in [0.717, 1.165) is 18.2 Å². The molecule has 0 saturated heterocycles. The number of carbonyl (C=O) groups is 1. The van der Waals surface area contributed by atoms with Gasteiger partial charge in [0.05, 0.1) is 12.2 Å². The van der Waals surface area contributed by atoms with Crippen molar-refractivity contribution in [2.24, 2.45) is 0 Å².